The maximum Gasteiger partial charge on any atom is 0.410 e. The van der Waals surface area contributed by atoms with Gasteiger partial charge in [-0.05, 0) is 32.3 Å². The fourth-order valence-electron chi connectivity index (χ4n) is 3.48. The second-order valence-corrected chi connectivity index (χ2v) is 7.48. The second kappa shape index (κ2) is 10.0. The molecule has 0 fully saturated rings. The molecule has 0 saturated carbocycles. The van der Waals surface area contributed by atoms with Crippen molar-refractivity contribution >= 4 is 12.0 Å². The summed E-state index contributed by atoms with van der Waals surface area (Å²) >= 11 is 0. The van der Waals surface area contributed by atoms with Gasteiger partial charge in [0.1, 0.15) is 6.54 Å². The molecule has 1 aromatic carbocycles. The van der Waals surface area contributed by atoms with E-state index in [2.05, 4.69) is 22.5 Å². The Morgan fingerprint density at radius 3 is 2.77 bits per heavy atom. The molecule has 0 saturated heterocycles. The van der Waals surface area contributed by atoms with E-state index in [1.54, 1.807) is 11.8 Å². The van der Waals surface area contributed by atoms with Gasteiger partial charge in [0.15, 0.2) is 0 Å². The first-order valence-corrected chi connectivity index (χ1v) is 10.3. The lowest BCUT2D eigenvalue weighted by Crippen LogP contribution is -2.41. The lowest BCUT2D eigenvalue weighted by molar-refractivity contribution is -0.122. The summed E-state index contributed by atoms with van der Waals surface area (Å²) in [5.74, 6) is -0.242. The van der Waals surface area contributed by atoms with Gasteiger partial charge in [-0.15, -0.1) is 0 Å². The molecule has 2 heterocycles. The molecule has 1 atom stereocenters. The minimum Gasteiger partial charge on any atom is -0.450 e. The number of fused-ring (bicyclic) bond motifs is 1. The molecule has 1 aliphatic heterocycles. The third kappa shape index (κ3) is 5.68. The maximum absolute atomic E-state index is 12.4. The first-order chi connectivity index (χ1) is 14.5. The van der Waals surface area contributed by atoms with Crippen LogP contribution in [0.5, 0.6) is 0 Å². The number of aromatic nitrogens is 2. The van der Waals surface area contributed by atoms with Crippen LogP contribution in [0.25, 0.3) is 0 Å². The smallest absolute Gasteiger partial charge is 0.410 e. The number of benzene rings is 1. The van der Waals surface area contributed by atoms with Gasteiger partial charge in [0.25, 0.3) is 5.56 Å². The monoisotopic (exact) mass is 412 g/mol. The van der Waals surface area contributed by atoms with E-state index in [4.69, 9.17) is 4.74 Å². The van der Waals surface area contributed by atoms with Crippen molar-refractivity contribution in [1.82, 2.24) is 20.0 Å². The van der Waals surface area contributed by atoms with Gasteiger partial charge in [-0.2, -0.15) is 5.10 Å². The highest BCUT2D eigenvalue weighted by Gasteiger charge is 2.24. The average molecular weight is 412 g/mol. The number of hydrogen-bond acceptors (Lipinski definition) is 5. The molecule has 30 heavy (non-hydrogen) atoms. The quantitative estimate of drug-likeness (QED) is 0.750. The summed E-state index contributed by atoms with van der Waals surface area (Å²) in [6.45, 7) is 4.65. The van der Waals surface area contributed by atoms with E-state index in [-0.39, 0.29) is 24.1 Å². The molecule has 0 unspecified atom stereocenters. The number of aryl methyl sites for hydroxylation is 1. The van der Waals surface area contributed by atoms with E-state index in [9.17, 15) is 14.4 Å². The number of hydrogen-bond donors (Lipinski definition) is 1. The van der Waals surface area contributed by atoms with Gasteiger partial charge in [-0.3, -0.25) is 9.59 Å². The van der Waals surface area contributed by atoms with E-state index in [1.807, 2.05) is 25.1 Å². The number of ether oxygens (including phenoxy) is 1. The third-order valence-electron chi connectivity index (χ3n) is 5.08. The first kappa shape index (κ1) is 21.5. The van der Waals surface area contributed by atoms with E-state index in [1.165, 1.54) is 16.3 Å². The van der Waals surface area contributed by atoms with Gasteiger partial charge in [0.05, 0.1) is 18.8 Å². The normalized spacial score (nSPS) is 14.0. The number of nitrogens with zero attached hydrogens (tertiary/aromatic N) is 3. The molecule has 0 aliphatic carbocycles. The van der Waals surface area contributed by atoms with Crippen molar-refractivity contribution in [3.05, 3.63) is 63.6 Å². The van der Waals surface area contributed by atoms with Crippen molar-refractivity contribution in [3.8, 4) is 0 Å². The van der Waals surface area contributed by atoms with Crippen LogP contribution < -0.4 is 10.9 Å². The fraction of sp³-hybridized carbons (Fsp3) is 0.455. The molecular formula is C22H28N4O4. The summed E-state index contributed by atoms with van der Waals surface area (Å²) in [5, 5.41) is 7.29. The van der Waals surface area contributed by atoms with Crippen LogP contribution in [0.3, 0.4) is 0 Å². The molecule has 2 amide bonds. The molecule has 8 nitrogen and oxygen atoms in total. The molecule has 3 rings (SSSR count). The molecule has 0 spiro atoms. The Kier molecular flexibility index (Phi) is 7.21. The topological polar surface area (TPSA) is 93.5 Å². The van der Waals surface area contributed by atoms with Crippen LogP contribution in [-0.4, -0.2) is 45.9 Å². The standard InChI is InChI=1S/C22H28N4O4/c1-3-30-22(29)25-12-11-19-18(14-25)13-21(28)26(24-19)15-20(27)23-16(2)9-10-17-7-5-4-6-8-17/h4-8,13,16H,3,9-12,14-15H2,1-2H3,(H,23,27)/t16-/m1/s1. The Hall–Kier alpha value is -3.16. The number of carbonyl (C=O) groups excluding carboxylic acids is 2. The van der Waals surface area contributed by atoms with Gasteiger partial charge in [0.2, 0.25) is 5.91 Å². The van der Waals surface area contributed by atoms with E-state index < -0.39 is 6.09 Å². The Balaban J connectivity index is 1.56. The zero-order chi connectivity index (χ0) is 21.5. The molecule has 2 aromatic rings. The van der Waals surface area contributed by atoms with Gasteiger partial charge in [-0.25, -0.2) is 9.48 Å². The second-order valence-electron chi connectivity index (χ2n) is 7.48. The summed E-state index contributed by atoms with van der Waals surface area (Å²) in [7, 11) is 0. The summed E-state index contributed by atoms with van der Waals surface area (Å²) in [6.07, 6.45) is 1.81. The van der Waals surface area contributed by atoms with Crippen molar-refractivity contribution in [3.63, 3.8) is 0 Å². The van der Waals surface area contributed by atoms with Crippen molar-refractivity contribution < 1.29 is 14.3 Å². The lowest BCUT2D eigenvalue weighted by Gasteiger charge is -2.27. The molecule has 0 radical (unpaired) electrons. The van der Waals surface area contributed by atoms with E-state index in [0.717, 1.165) is 18.5 Å². The van der Waals surface area contributed by atoms with Crippen LogP contribution in [0, 0.1) is 0 Å². The summed E-state index contributed by atoms with van der Waals surface area (Å²) in [4.78, 5) is 38.3. The van der Waals surface area contributed by atoms with E-state index in [0.29, 0.717) is 31.7 Å². The van der Waals surface area contributed by atoms with Crippen LogP contribution in [0.15, 0.2) is 41.2 Å². The van der Waals surface area contributed by atoms with Crippen molar-refractivity contribution in [2.45, 2.75) is 52.2 Å². The minimum atomic E-state index is -0.392. The number of amides is 2. The molecule has 1 aliphatic rings. The molecule has 1 N–H and O–H groups in total. The Morgan fingerprint density at radius 2 is 2.03 bits per heavy atom. The molecule has 8 heteroatoms. The van der Waals surface area contributed by atoms with Crippen molar-refractivity contribution in [1.29, 1.82) is 0 Å². The van der Waals surface area contributed by atoms with Gasteiger partial charge in [-0.1, -0.05) is 30.3 Å². The predicted octanol–water partition coefficient (Wildman–Crippen LogP) is 1.90. The van der Waals surface area contributed by atoms with Gasteiger partial charge in [0, 0.05) is 30.6 Å². The molecule has 160 valence electrons. The average Bonchev–Trinajstić information content (AvgIpc) is 2.73. The summed E-state index contributed by atoms with van der Waals surface area (Å²) in [5.41, 5.74) is 2.31. The predicted molar refractivity (Wildman–Crippen MR) is 112 cm³/mol. The molecule has 1 aromatic heterocycles. The fourth-order valence-corrected chi connectivity index (χ4v) is 3.48. The zero-order valence-corrected chi connectivity index (χ0v) is 17.5. The van der Waals surface area contributed by atoms with Crippen LogP contribution in [0.2, 0.25) is 0 Å². The Bertz CT molecular complexity index is 942. The Labute approximate surface area is 175 Å². The van der Waals surface area contributed by atoms with Gasteiger partial charge >= 0.3 is 6.09 Å². The highest BCUT2D eigenvalue weighted by molar-refractivity contribution is 5.75. The van der Waals surface area contributed by atoms with Gasteiger partial charge < -0.3 is 15.0 Å². The number of carbonyl (C=O) groups is 2. The lowest BCUT2D eigenvalue weighted by atomic mass is 10.1. The SMILES string of the molecule is CCOC(=O)N1CCc2nn(CC(=O)N[C@H](C)CCc3ccccc3)c(=O)cc2C1. The maximum atomic E-state index is 12.4. The highest BCUT2D eigenvalue weighted by atomic mass is 16.6. The Morgan fingerprint density at radius 1 is 1.27 bits per heavy atom. The van der Waals surface area contributed by atoms with Crippen LogP contribution in [0.4, 0.5) is 4.79 Å². The van der Waals surface area contributed by atoms with Crippen LogP contribution >= 0.6 is 0 Å². The van der Waals surface area contributed by atoms with E-state index >= 15 is 0 Å². The first-order valence-electron chi connectivity index (χ1n) is 10.3. The number of nitrogens with one attached hydrogen (secondary N) is 1. The molecular weight excluding hydrogens is 384 g/mol. The van der Waals surface area contributed by atoms with Crippen molar-refractivity contribution in [2.24, 2.45) is 0 Å². The summed E-state index contributed by atoms with van der Waals surface area (Å²) < 4.78 is 6.21. The minimum absolute atomic E-state index is 0.0100. The van der Waals surface area contributed by atoms with Crippen LogP contribution in [0.1, 0.15) is 37.1 Å². The number of rotatable bonds is 7. The van der Waals surface area contributed by atoms with Crippen molar-refractivity contribution in [2.75, 3.05) is 13.2 Å². The molecule has 0 bridgehead atoms. The van der Waals surface area contributed by atoms with Crippen LogP contribution in [-0.2, 0) is 35.5 Å². The largest absolute Gasteiger partial charge is 0.450 e. The highest BCUT2D eigenvalue weighted by Crippen LogP contribution is 2.16. The zero-order valence-electron chi connectivity index (χ0n) is 17.5. The third-order valence-corrected chi connectivity index (χ3v) is 5.08. The summed E-state index contributed by atoms with van der Waals surface area (Å²) in [6, 6.07) is 11.6.